The van der Waals surface area contributed by atoms with Gasteiger partial charge in [-0.15, -0.1) is 0 Å². The van der Waals surface area contributed by atoms with Gasteiger partial charge in [-0.1, -0.05) is 37.3 Å². The van der Waals surface area contributed by atoms with Crippen LogP contribution in [0.2, 0.25) is 0 Å². The molecule has 2 rings (SSSR count). The normalized spacial score (nSPS) is 14.2. The minimum atomic E-state index is 1.02. The van der Waals surface area contributed by atoms with Crippen LogP contribution in [0.1, 0.15) is 24.5 Å². The second kappa shape index (κ2) is 4.05. The number of allylic oxidation sites excluding steroid dienone is 2. The Hall–Kier alpha value is -1.63. The topological polar surface area (TPSA) is 12.4 Å². The molecular weight excluding hydrogens is 170 g/mol. The molecule has 1 aliphatic rings. The highest BCUT2D eigenvalue weighted by Crippen LogP contribution is 2.23. The van der Waals surface area contributed by atoms with E-state index in [0.717, 1.165) is 6.42 Å². The molecule has 14 heavy (non-hydrogen) atoms. The van der Waals surface area contributed by atoms with Crippen LogP contribution in [0.4, 0.5) is 0 Å². The molecule has 1 heterocycles. The van der Waals surface area contributed by atoms with Crippen LogP contribution in [0.15, 0.2) is 41.5 Å². The summed E-state index contributed by atoms with van der Waals surface area (Å²) in [5.74, 6) is 0. The Balaban J connectivity index is 2.57. The van der Waals surface area contributed by atoms with Crippen molar-refractivity contribution in [3.05, 3.63) is 47.7 Å². The molecule has 0 amide bonds. The molecule has 0 N–H and O–H groups in total. The molecule has 0 atom stereocenters. The lowest BCUT2D eigenvalue weighted by molar-refractivity contribution is 1.22. The number of nitrogens with zero attached hydrogens (tertiary/aromatic N) is 1. The summed E-state index contributed by atoms with van der Waals surface area (Å²) >= 11 is 0. The van der Waals surface area contributed by atoms with E-state index in [1.54, 1.807) is 0 Å². The summed E-state index contributed by atoms with van der Waals surface area (Å²) in [6.45, 7) is 2.16. The second-order valence-corrected chi connectivity index (χ2v) is 3.25. The summed E-state index contributed by atoms with van der Waals surface area (Å²) in [5.41, 5.74) is 3.86. The highest BCUT2D eigenvalue weighted by atomic mass is 14.7. The molecule has 0 spiro atoms. The largest absolute Gasteiger partial charge is 0.264 e. The van der Waals surface area contributed by atoms with Gasteiger partial charge in [-0.3, -0.25) is 4.99 Å². The van der Waals surface area contributed by atoms with Crippen molar-refractivity contribution in [1.29, 1.82) is 0 Å². The van der Waals surface area contributed by atoms with Gasteiger partial charge in [0.2, 0.25) is 0 Å². The first-order valence-corrected chi connectivity index (χ1v) is 4.90. The minimum absolute atomic E-state index is 1.02. The predicted octanol–water partition coefficient (Wildman–Crippen LogP) is 3.54. The Bertz CT molecular complexity index is 411. The molecule has 0 bridgehead atoms. The molecular formula is C13H13N. The average Bonchev–Trinajstić information content (AvgIpc) is 2.20. The Labute approximate surface area is 84.5 Å². The molecule has 0 aromatic heterocycles. The van der Waals surface area contributed by atoms with Gasteiger partial charge in [0.15, 0.2) is 0 Å². The fourth-order valence-electron chi connectivity index (χ4n) is 1.62. The summed E-state index contributed by atoms with van der Waals surface area (Å²) in [4.78, 5) is 4.21. The third kappa shape index (κ3) is 1.67. The number of aliphatic imine (C=N–C) groups is 1. The smallest absolute Gasteiger partial charge is 0.0305 e. The van der Waals surface area contributed by atoms with Crippen LogP contribution in [0, 0.1) is 0 Å². The van der Waals surface area contributed by atoms with E-state index >= 15 is 0 Å². The van der Waals surface area contributed by atoms with Crippen molar-refractivity contribution in [2.75, 3.05) is 0 Å². The van der Waals surface area contributed by atoms with Gasteiger partial charge in [-0.05, 0) is 29.2 Å². The fraction of sp³-hybridized carbons (Fsp3) is 0.154. The monoisotopic (exact) mass is 183 g/mol. The minimum Gasteiger partial charge on any atom is -0.264 e. The van der Waals surface area contributed by atoms with E-state index in [-0.39, 0.29) is 0 Å². The van der Waals surface area contributed by atoms with E-state index < -0.39 is 0 Å². The summed E-state index contributed by atoms with van der Waals surface area (Å²) in [6, 6.07) is 8.42. The summed E-state index contributed by atoms with van der Waals surface area (Å²) in [7, 11) is 0. The van der Waals surface area contributed by atoms with Crippen molar-refractivity contribution in [2.45, 2.75) is 13.3 Å². The quantitative estimate of drug-likeness (QED) is 0.631. The molecule has 0 aliphatic carbocycles. The first-order chi connectivity index (χ1) is 6.92. The van der Waals surface area contributed by atoms with Crippen LogP contribution >= 0.6 is 0 Å². The van der Waals surface area contributed by atoms with Crippen LogP contribution in [0.5, 0.6) is 0 Å². The van der Waals surface area contributed by atoms with E-state index in [4.69, 9.17) is 0 Å². The molecule has 70 valence electrons. The van der Waals surface area contributed by atoms with E-state index in [1.165, 1.54) is 16.7 Å². The molecule has 0 unspecified atom stereocenters. The Morgan fingerprint density at radius 2 is 2.07 bits per heavy atom. The predicted molar refractivity (Wildman–Crippen MR) is 62.2 cm³/mol. The van der Waals surface area contributed by atoms with E-state index in [2.05, 4.69) is 42.3 Å². The average molecular weight is 183 g/mol. The van der Waals surface area contributed by atoms with E-state index in [1.807, 2.05) is 18.5 Å². The number of rotatable bonds is 1. The van der Waals surface area contributed by atoms with Gasteiger partial charge in [0, 0.05) is 12.4 Å². The highest BCUT2D eigenvalue weighted by molar-refractivity contribution is 5.85. The van der Waals surface area contributed by atoms with E-state index in [0.29, 0.717) is 0 Å². The van der Waals surface area contributed by atoms with Gasteiger partial charge in [0.05, 0.1) is 0 Å². The maximum Gasteiger partial charge on any atom is 0.0305 e. The van der Waals surface area contributed by atoms with E-state index in [9.17, 15) is 0 Å². The zero-order valence-corrected chi connectivity index (χ0v) is 8.27. The first kappa shape index (κ1) is 8.95. The molecule has 1 aromatic rings. The van der Waals surface area contributed by atoms with Crippen LogP contribution in [-0.2, 0) is 0 Å². The molecule has 1 nitrogen and oxygen atoms in total. The maximum atomic E-state index is 4.21. The van der Waals surface area contributed by atoms with Crippen molar-refractivity contribution in [3.8, 4) is 0 Å². The lowest BCUT2D eigenvalue weighted by Crippen LogP contribution is -1.89. The molecule has 1 aliphatic heterocycles. The Kier molecular flexibility index (Phi) is 2.59. The first-order valence-electron chi connectivity index (χ1n) is 4.90. The van der Waals surface area contributed by atoms with Gasteiger partial charge in [0.1, 0.15) is 0 Å². The van der Waals surface area contributed by atoms with Crippen LogP contribution in [0.3, 0.4) is 0 Å². The molecule has 1 aromatic carbocycles. The van der Waals surface area contributed by atoms with Gasteiger partial charge in [0.25, 0.3) is 0 Å². The maximum absolute atomic E-state index is 4.21. The Morgan fingerprint density at radius 3 is 2.93 bits per heavy atom. The lowest BCUT2D eigenvalue weighted by atomic mass is 9.98. The second-order valence-electron chi connectivity index (χ2n) is 3.25. The molecule has 0 saturated carbocycles. The molecule has 1 heteroatoms. The zero-order valence-electron chi connectivity index (χ0n) is 8.27. The standard InChI is InChI=1S/C13H13N/c1-2-11-10-14-9-5-7-12-6-3-4-8-13(11)12/h3-10H,2H2,1H3. The number of hydrogen-bond donors (Lipinski definition) is 0. The van der Waals surface area contributed by atoms with Crippen molar-refractivity contribution in [2.24, 2.45) is 4.99 Å². The number of hydrogen-bond acceptors (Lipinski definition) is 1. The molecule has 0 radical (unpaired) electrons. The van der Waals surface area contributed by atoms with Crippen molar-refractivity contribution in [3.63, 3.8) is 0 Å². The van der Waals surface area contributed by atoms with Crippen molar-refractivity contribution >= 4 is 17.9 Å². The van der Waals surface area contributed by atoms with Crippen LogP contribution in [-0.4, -0.2) is 6.21 Å². The number of fused-ring (bicyclic) bond motifs is 1. The van der Waals surface area contributed by atoms with Crippen LogP contribution < -0.4 is 0 Å². The molecule has 0 fully saturated rings. The SMILES string of the molecule is CCC1=CN=CC=Cc2ccccc21. The zero-order chi connectivity index (χ0) is 9.80. The van der Waals surface area contributed by atoms with Crippen molar-refractivity contribution < 1.29 is 0 Å². The van der Waals surface area contributed by atoms with Gasteiger partial charge < -0.3 is 0 Å². The van der Waals surface area contributed by atoms with Gasteiger partial charge in [-0.25, -0.2) is 0 Å². The van der Waals surface area contributed by atoms with Gasteiger partial charge >= 0.3 is 0 Å². The third-order valence-electron chi connectivity index (χ3n) is 2.37. The number of benzene rings is 1. The van der Waals surface area contributed by atoms with Gasteiger partial charge in [-0.2, -0.15) is 0 Å². The van der Waals surface area contributed by atoms with Crippen LogP contribution in [0.25, 0.3) is 11.6 Å². The van der Waals surface area contributed by atoms with Crippen molar-refractivity contribution in [1.82, 2.24) is 0 Å². The molecule has 0 saturated heterocycles. The fourth-order valence-corrected chi connectivity index (χ4v) is 1.62. The highest BCUT2D eigenvalue weighted by Gasteiger charge is 2.03. The lowest BCUT2D eigenvalue weighted by Gasteiger charge is -2.08. The summed E-state index contributed by atoms with van der Waals surface area (Å²) in [5, 5.41) is 0. The Morgan fingerprint density at radius 1 is 1.21 bits per heavy atom. The summed E-state index contributed by atoms with van der Waals surface area (Å²) < 4.78 is 0. The third-order valence-corrected chi connectivity index (χ3v) is 2.37. The summed E-state index contributed by atoms with van der Waals surface area (Å²) in [6.07, 6.45) is 8.86.